The van der Waals surface area contributed by atoms with Crippen molar-refractivity contribution in [3.63, 3.8) is 0 Å². The summed E-state index contributed by atoms with van der Waals surface area (Å²) in [6.45, 7) is 2.09. The number of para-hydroxylation sites is 1. The molecular formula is C28H24N2O. The number of hydrogen-bond acceptors (Lipinski definition) is 3. The summed E-state index contributed by atoms with van der Waals surface area (Å²) in [5.41, 5.74) is 5.70. The van der Waals surface area contributed by atoms with Crippen molar-refractivity contribution in [2.75, 3.05) is 5.01 Å². The van der Waals surface area contributed by atoms with E-state index >= 15 is 0 Å². The van der Waals surface area contributed by atoms with Gasteiger partial charge in [0.15, 0.2) is 5.76 Å². The van der Waals surface area contributed by atoms with Crippen molar-refractivity contribution in [3.05, 3.63) is 125 Å². The van der Waals surface area contributed by atoms with Gasteiger partial charge in [-0.15, -0.1) is 0 Å². The second-order valence-corrected chi connectivity index (χ2v) is 7.80. The SMILES string of the molecule is Cc1ccc(/C=C/c2ccc(C3=NN(c4ccccc4)C(c4ccccc4)C3)o2)cc1. The van der Waals surface area contributed by atoms with E-state index in [9.17, 15) is 0 Å². The summed E-state index contributed by atoms with van der Waals surface area (Å²) in [4.78, 5) is 0. The van der Waals surface area contributed by atoms with E-state index in [1.165, 1.54) is 11.1 Å². The predicted molar refractivity (Wildman–Crippen MR) is 128 cm³/mol. The highest BCUT2D eigenvalue weighted by Gasteiger charge is 2.31. The van der Waals surface area contributed by atoms with Crippen molar-refractivity contribution in [2.45, 2.75) is 19.4 Å². The minimum atomic E-state index is 0.148. The second kappa shape index (κ2) is 8.49. The van der Waals surface area contributed by atoms with E-state index in [0.717, 1.165) is 34.9 Å². The fourth-order valence-electron chi connectivity index (χ4n) is 3.87. The lowest BCUT2D eigenvalue weighted by atomic mass is 10.0. The van der Waals surface area contributed by atoms with Gasteiger partial charge in [0.25, 0.3) is 0 Å². The normalized spacial score (nSPS) is 16.1. The summed E-state index contributed by atoms with van der Waals surface area (Å²) in [5.74, 6) is 1.65. The first-order chi connectivity index (χ1) is 15.3. The van der Waals surface area contributed by atoms with Gasteiger partial charge in [0, 0.05) is 6.42 Å². The lowest BCUT2D eigenvalue weighted by molar-refractivity contribution is 0.546. The Labute approximate surface area is 183 Å². The summed E-state index contributed by atoms with van der Waals surface area (Å²) >= 11 is 0. The van der Waals surface area contributed by atoms with Crippen molar-refractivity contribution in [1.82, 2.24) is 0 Å². The van der Waals surface area contributed by atoms with E-state index in [4.69, 9.17) is 9.52 Å². The van der Waals surface area contributed by atoms with Gasteiger partial charge >= 0.3 is 0 Å². The fourth-order valence-corrected chi connectivity index (χ4v) is 3.87. The van der Waals surface area contributed by atoms with Crippen LogP contribution < -0.4 is 5.01 Å². The molecule has 1 unspecified atom stereocenters. The maximum atomic E-state index is 6.14. The molecule has 0 spiro atoms. The van der Waals surface area contributed by atoms with Crippen LogP contribution in [0.2, 0.25) is 0 Å². The number of hydrogen-bond donors (Lipinski definition) is 0. The van der Waals surface area contributed by atoms with Gasteiger partial charge < -0.3 is 4.42 Å². The van der Waals surface area contributed by atoms with Crippen LogP contribution in [0.1, 0.15) is 40.7 Å². The highest BCUT2D eigenvalue weighted by molar-refractivity contribution is 6.01. The van der Waals surface area contributed by atoms with Gasteiger partial charge in [-0.25, -0.2) is 0 Å². The highest BCUT2D eigenvalue weighted by atomic mass is 16.3. The lowest BCUT2D eigenvalue weighted by Gasteiger charge is -2.23. The van der Waals surface area contributed by atoms with Crippen LogP contribution >= 0.6 is 0 Å². The summed E-state index contributed by atoms with van der Waals surface area (Å²) in [5, 5.41) is 7.07. The summed E-state index contributed by atoms with van der Waals surface area (Å²) in [6, 6.07) is 33.5. The maximum Gasteiger partial charge on any atom is 0.150 e. The predicted octanol–water partition coefficient (Wildman–Crippen LogP) is 7.11. The van der Waals surface area contributed by atoms with Crippen LogP contribution in [0.25, 0.3) is 12.2 Å². The molecule has 1 aromatic heterocycles. The van der Waals surface area contributed by atoms with Crippen LogP contribution in [0.15, 0.2) is 107 Å². The van der Waals surface area contributed by atoms with Crippen LogP contribution in [0.4, 0.5) is 5.69 Å². The number of aryl methyl sites for hydroxylation is 1. The summed E-state index contributed by atoms with van der Waals surface area (Å²) in [7, 11) is 0. The molecule has 3 nitrogen and oxygen atoms in total. The summed E-state index contributed by atoms with van der Waals surface area (Å²) in [6.07, 6.45) is 4.88. The molecule has 3 aromatic carbocycles. The Morgan fingerprint density at radius 1 is 0.806 bits per heavy atom. The minimum absolute atomic E-state index is 0.148. The molecule has 0 aliphatic carbocycles. The Kier molecular flexibility index (Phi) is 5.24. The Morgan fingerprint density at radius 2 is 1.52 bits per heavy atom. The third kappa shape index (κ3) is 4.22. The van der Waals surface area contributed by atoms with Crippen LogP contribution in [0.3, 0.4) is 0 Å². The van der Waals surface area contributed by atoms with E-state index < -0.39 is 0 Å². The zero-order chi connectivity index (χ0) is 21.0. The largest absolute Gasteiger partial charge is 0.455 e. The van der Waals surface area contributed by atoms with Crippen molar-refractivity contribution in [3.8, 4) is 0 Å². The number of hydrazone groups is 1. The van der Waals surface area contributed by atoms with Gasteiger partial charge in [0.2, 0.25) is 0 Å². The van der Waals surface area contributed by atoms with E-state index in [2.05, 4.69) is 78.7 Å². The minimum Gasteiger partial charge on any atom is -0.455 e. The maximum absolute atomic E-state index is 6.14. The molecule has 31 heavy (non-hydrogen) atoms. The van der Waals surface area contributed by atoms with Gasteiger partial charge in [0.05, 0.1) is 11.7 Å². The molecule has 3 heteroatoms. The third-order valence-electron chi connectivity index (χ3n) is 5.54. The molecule has 0 fully saturated rings. The zero-order valence-corrected chi connectivity index (χ0v) is 17.5. The van der Waals surface area contributed by atoms with Gasteiger partial charge in [-0.2, -0.15) is 5.10 Å². The van der Waals surface area contributed by atoms with E-state index in [-0.39, 0.29) is 6.04 Å². The van der Waals surface area contributed by atoms with Gasteiger partial charge in [-0.1, -0.05) is 84.4 Å². The molecule has 0 amide bonds. The smallest absolute Gasteiger partial charge is 0.150 e. The number of rotatable bonds is 5. The molecule has 2 heterocycles. The van der Waals surface area contributed by atoms with E-state index in [1.807, 2.05) is 42.5 Å². The second-order valence-electron chi connectivity index (χ2n) is 7.80. The molecule has 0 saturated heterocycles. The molecule has 1 aliphatic rings. The summed E-state index contributed by atoms with van der Waals surface area (Å²) < 4.78 is 6.14. The van der Waals surface area contributed by atoms with Crippen molar-refractivity contribution in [1.29, 1.82) is 0 Å². The average Bonchev–Trinajstić information content (AvgIpc) is 3.47. The van der Waals surface area contributed by atoms with Crippen molar-refractivity contribution < 1.29 is 4.42 Å². The van der Waals surface area contributed by atoms with Gasteiger partial charge in [-0.3, -0.25) is 5.01 Å². The molecule has 0 N–H and O–H groups in total. The van der Waals surface area contributed by atoms with Crippen molar-refractivity contribution in [2.24, 2.45) is 5.10 Å². The standard InChI is InChI=1S/C28H24N2O/c1-21-12-14-22(15-13-21)16-17-25-18-19-28(31-25)26-20-27(23-8-4-2-5-9-23)30(29-26)24-10-6-3-7-11-24/h2-19,27H,20H2,1H3/b17-16+. The Morgan fingerprint density at radius 3 is 2.26 bits per heavy atom. The molecule has 5 rings (SSSR count). The molecule has 152 valence electrons. The van der Waals surface area contributed by atoms with Crippen LogP contribution in [0, 0.1) is 6.92 Å². The zero-order valence-electron chi connectivity index (χ0n) is 17.5. The molecule has 0 bridgehead atoms. The molecule has 0 radical (unpaired) electrons. The third-order valence-corrected chi connectivity index (χ3v) is 5.54. The molecule has 0 saturated carbocycles. The lowest BCUT2D eigenvalue weighted by Crippen LogP contribution is -2.18. The van der Waals surface area contributed by atoms with Crippen LogP contribution in [-0.4, -0.2) is 5.71 Å². The quantitative estimate of drug-likeness (QED) is 0.354. The molecule has 1 aliphatic heterocycles. The Bertz CT molecular complexity index is 1200. The first kappa shape index (κ1) is 19.1. The molecule has 1 atom stereocenters. The number of anilines is 1. The van der Waals surface area contributed by atoms with Crippen molar-refractivity contribution >= 4 is 23.6 Å². The fraction of sp³-hybridized carbons (Fsp3) is 0.107. The molecule has 4 aromatic rings. The average molecular weight is 405 g/mol. The first-order valence-electron chi connectivity index (χ1n) is 10.6. The number of furan rings is 1. The topological polar surface area (TPSA) is 28.7 Å². The molecular weight excluding hydrogens is 380 g/mol. The Hall–Kier alpha value is -3.85. The Balaban J connectivity index is 1.41. The first-order valence-corrected chi connectivity index (χ1v) is 10.6. The number of nitrogens with zero attached hydrogens (tertiary/aromatic N) is 2. The highest BCUT2D eigenvalue weighted by Crippen LogP contribution is 2.36. The van der Waals surface area contributed by atoms with E-state index in [1.54, 1.807) is 0 Å². The number of benzene rings is 3. The van der Waals surface area contributed by atoms with Crippen LogP contribution in [-0.2, 0) is 0 Å². The monoisotopic (exact) mass is 404 g/mol. The van der Waals surface area contributed by atoms with Gasteiger partial charge in [-0.05, 0) is 48.4 Å². The van der Waals surface area contributed by atoms with E-state index in [0.29, 0.717) is 0 Å². The van der Waals surface area contributed by atoms with Gasteiger partial charge in [0.1, 0.15) is 11.5 Å². The van der Waals surface area contributed by atoms with Crippen LogP contribution in [0.5, 0.6) is 0 Å².